The molecule has 1 aliphatic rings. The number of nitrogens with zero attached hydrogens (tertiary/aromatic N) is 3. The van der Waals surface area contributed by atoms with Gasteiger partial charge in [-0.05, 0) is 18.4 Å². The van der Waals surface area contributed by atoms with Crippen molar-refractivity contribution in [1.82, 2.24) is 0 Å². The smallest absolute Gasteiger partial charge is 0.0460 e. The van der Waals surface area contributed by atoms with Gasteiger partial charge in [-0.25, -0.2) is 0 Å². The molecule has 1 aliphatic carbocycles. The zero-order chi connectivity index (χ0) is 5.33. The van der Waals surface area contributed by atoms with Crippen LogP contribution in [0.25, 0.3) is 10.4 Å². The molecule has 8 heavy (non-hydrogen) atoms. The van der Waals surface area contributed by atoms with Crippen molar-refractivity contribution in [2.45, 2.75) is 32.7 Å². The molecule has 1 fully saturated rings. The maximum absolute atomic E-state index is 7.90. The van der Waals surface area contributed by atoms with Gasteiger partial charge >= 0.3 is 0 Å². The minimum atomic E-state index is 0. The highest BCUT2D eigenvalue weighted by Crippen LogP contribution is 2.38. The van der Waals surface area contributed by atoms with E-state index in [4.69, 9.17) is 5.53 Å². The first-order valence-electron chi connectivity index (χ1n) is 2.33. The molecule has 0 aromatic carbocycles. The second-order valence-electron chi connectivity index (χ2n) is 2.19. The molecular formula is C5H11N3. The molecule has 3 heteroatoms. The van der Waals surface area contributed by atoms with Gasteiger partial charge in [-0.3, -0.25) is 0 Å². The van der Waals surface area contributed by atoms with Crippen LogP contribution in [-0.2, 0) is 0 Å². The molecule has 1 saturated carbocycles. The van der Waals surface area contributed by atoms with E-state index in [-0.39, 0.29) is 13.0 Å². The molecule has 0 radical (unpaired) electrons. The molecule has 1 rings (SSSR count). The average Bonchev–Trinajstić information content (AvgIpc) is 2.22. The Labute approximate surface area is 49.3 Å². The van der Waals surface area contributed by atoms with E-state index in [2.05, 4.69) is 10.0 Å². The molecule has 0 heterocycles. The molecule has 46 valence electrons. The van der Waals surface area contributed by atoms with E-state index in [1.54, 1.807) is 0 Å². The quantitative estimate of drug-likeness (QED) is 0.285. The first-order valence-corrected chi connectivity index (χ1v) is 2.33. The summed E-state index contributed by atoms with van der Waals surface area (Å²) in [5.41, 5.74) is 7.91. The van der Waals surface area contributed by atoms with Gasteiger partial charge in [0.25, 0.3) is 0 Å². The van der Waals surface area contributed by atoms with Gasteiger partial charge in [-0.15, -0.1) is 0 Å². The van der Waals surface area contributed by atoms with Crippen molar-refractivity contribution >= 4 is 0 Å². The molecule has 0 N–H and O–H groups in total. The third-order valence-electron chi connectivity index (χ3n) is 1.26. The van der Waals surface area contributed by atoms with E-state index >= 15 is 0 Å². The van der Waals surface area contributed by atoms with Crippen LogP contribution in [0.4, 0.5) is 0 Å². The van der Waals surface area contributed by atoms with E-state index < -0.39 is 0 Å². The normalized spacial score (nSPS) is 20.1. The summed E-state index contributed by atoms with van der Waals surface area (Å²) in [6, 6.07) is 0. The van der Waals surface area contributed by atoms with Crippen LogP contribution in [0.5, 0.6) is 0 Å². The summed E-state index contributed by atoms with van der Waals surface area (Å²) in [6.07, 6.45) is 2.13. The Hall–Kier alpha value is -0.690. The SMILES string of the molecule is C.CC1(N=[N+]=[N-])CC1. The largest absolute Gasteiger partial charge is 0.0876 e. The van der Waals surface area contributed by atoms with Crippen LogP contribution in [-0.4, -0.2) is 5.54 Å². The van der Waals surface area contributed by atoms with Gasteiger partial charge < -0.3 is 0 Å². The fraction of sp³-hybridized carbons (Fsp3) is 1.00. The predicted molar refractivity (Wildman–Crippen MR) is 33.5 cm³/mol. The minimum Gasteiger partial charge on any atom is -0.0876 e. The molecule has 0 saturated heterocycles. The average molecular weight is 113 g/mol. The molecule has 0 aromatic heterocycles. The van der Waals surface area contributed by atoms with Crippen molar-refractivity contribution < 1.29 is 0 Å². The molecule has 0 spiro atoms. The Balaban J connectivity index is 0.000000490. The van der Waals surface area contributed by atoms with Crippen LogP contribution in [0.2, 0.25) is 0 Å². The fourth-order valence-corrected chi connectivity index (χ4v) is 0.389. The van der Waals surface area contributed by atoms with E-state index in [1.165, 1.54) is 0 Å². The van der Waals surface area contributed by atoms with Crippen molar-refractivity contribution in [1.29, 1.82) is 0 Å². The molecule has 3 nitrogen and oxygen atoms in total. The molecule has 0 bridgehead atoms. The van der Waals surface area contributed by atoms with Crippen LogP contribution < -0.4 is 0 Å². The molecular weight excluding hydrogens is 102 g/mol. The summed E-state index contributed by atoms with van der Waals surface area (Å²) in [6.45, 7) is 1.96. The van der Waals surface area contributed by atoms with Gasteiger partial charge in [-0.2, -0.15) is 0 Å². The van der Waals surface area contributed by atoms with Gasteiger partial charge in [-0.1, -0.05) is 19.5 Å². The van der Waals surface area contributed by atoms with Gasteiger partial charge in [0.05, 0.1) is 0 Å². The Morgan fingerprint density at radius 1 is 1.62 bits per heavy atom. The van der Waals surface area contributed by atoms with Crippen LogP contribution in [0.3, 0.4) is 0 Å². The lowest BCUT2D eigenvalue weighted by atomic mass is 10.4. The third kappa shape index (κ3) is 1.43. The first kappa shape index (κ1) is 7.31. The van der Waals surface area contributed by atoms with Gasteiger partial charge in [0.15, 0.2) is 0 Å². The highest BCUT2D eigenvalue weighted by atomic mass is 15.2. The summed E-state index contributed by atoms with van der Waals surface area (Å²) in [5.74, 6) is 0. The summed E-state index contributed by atoms with van der Waals surface area (Å²) < 4.78 is 0. The van der Waals surface area contributed by atoms with Crippen LogP contribution in [0, 0.1) is 0 Å². The number of hydrogen-bond donors (Lipinski definition) is 0. The van der Waals surface area contributed by atoms with Crippen molar-refractivity contribution in [2.75, 3.05) is 0 Å². The molecule has 0 aromatic rings. The summed E-state index contributed by atoms with van der Waals surface area (Å²) in [7, 11) is 0. The predicted octanol–water partition coefficient (Wildman–Crippen LogP) is 2.49. The maximum atomic E-state index is 7.90. The minimum absolute atomic E-state index is 0. The molecule has 0 unspecified atom stereocenters. The Kier molecular flexibility index (Phi) is 1.88. The van der Waals surface area contributed by atoms with Crippen molar-refractivity contribution in [2.24, 2.45) is 5.11 Å². The van der Waals surface area contributed by atoms with Gasteiger partial charge in [0.1, 0.15) is 0 Å². The lowest BCUT2D eigenvalue weighted by Crippen LogP contribution is -1.90. The standard InChI is InChI=1S/C4H7N3.CH4/c1-4(2-3-4)6-7-5;/h2-3H2,1H3;1H4. The highest BCUT2D eigenvalue weighted by molar-refractivity contribution is 4.97. The topological polar surface area (TPSA) is 48.8 Å². The molecule has 0 aliphatic heterocycles. The monoisotopic (exact) mass is 113 g/mol. The fourth-order valence-electron chi connectivity index (χ4n) is 0.389. The van der Waals surface area contributed by atoms with E-state index in [9.17, 15) is 0 Å². The Morgan fingerprint density at radius 3 is 2.25 bits per heavy atom. The summed E-state index contributed by atoms with van der Waals surface area (Å²) in [4.78, 5) is 2.69. The van der Waals surface area contributed by atoms with Crippen molar-refractivity contribution in [3.8, 4) is 0 Å². The maximum Gasteiger partial charge on any atom is 0.0460 e. The lowest BCUT2D eigenvalue weighted by Gasteiger charge is -1.88. The van der Waals surface area contributed by atoms with Crippen LogP contribution >= 0.6 is 0 Å². The second kappa shape index (κ2) is 2.05. The first-order chi connectivity index (χ1) is 3.27. The molecule has 0 atom stereocenters. The lowest BCUT2D eigenvalue weighted by molar-refractivity contribution is 0.753. The Bertz CT molecular complexity index is 120. The van der Waals surface area contributed by atoms with E-state index in [1.807, 2.05) is 6.92 Å². The Morgan fingerprint density at radius 2 is 2.12 bits per heavy atom. The van der Waals surface area contributed by atoms with E-state index in [0.717, 1.165) is 12.8 Å². The van der Waals surface area contributed by atoms with Crippen LogP contribution in [0.15, 0.2) is 5.11 Å². The summed E-state index contributed by atoms with van der Waals surface area (Å²) in [5, 5.41) is 3.55. The van der Waals surface area contributed by atoms with Crippen molar-refractivity contribution in [3.63, 3.8) is 0 Å². The van der Waals surface area contributed by atoms with E-state index in [0.29, 0.717) is 0 Å². The summed E-state index contributed by atoms with van der Waals surface area (Å²) >= 11 is 0. The highest BCUT2D eigenvalue weighted by Gasteiger charge is 2.35. The zero-order valence-electron chi connectivity index (χ0n) is 4.26. The van der Waals surface area contributed by atoms with Crippen LogP contribution in [0.1, 0.15) is 27.2 Å². The second-order valence-corrected chi connectivity index (χ2v) is 2.19. The third-order valence-corrected chi connectivity index (χ3v) is 1.26. The molecule has 0 amide bonds. The number of azide groups is 1. The zero-order valence-corrected chi connectivity index (χ0v) is 4.26. The van der Waals surface area contributed by atoms with Crippen molar-refractivity contribution in [3.05, 3.63) is 10.4 Å². The van der Waals surface area contributed by atoms with Gasteiger partial charge in [0, 0.05) is 10.5 Å². The number of rotatable bonds is 1. The number of hydrogen-bond acceptors (Lipinski definition) is 1. The van der Waals surface area contributed by atoms with Gasteiger partial charge in [0.2, 0.25) is 0 Å².